The summed E-state index contributed by atoms with van der Waals surface area (Å²) in [4.78, 5) is 4.17. The quantitative estimate of drug-likeness (QED) is 0.802. The second-order valence-corrected chi connectivity index (χ2v) is 3.64. The van der Waals surface area contributed by atoms with E-state index in [0.29, 0.717) is 5.69 Å². The number of nitrogens with two attached hydrogens (primary N) is 1. The molecule has 2 aromatic heterocycles. The molecule has 0 aliphatic rings. The fourth-order valence-corrected chi connectivity index (χ4v) is 1.50. The lowest BCUT2D eigenvalue weighted by Crippen LogP contribution is -2.12. The molecule has 0 bridgehead atoms. The van der Waals surface area contributed by atoms with Crippen molar-refractivity contribution in [3.63, 3.8) is 0 Å². The molecule has 0 spiro atoms. The van der Waals surface area contributed by atoms with Crippen molar-refractivity contribution in [3.05, 3.63) is 30.5 Å². The molecule has 0 saturated heterocycles. The predicted molar refractivity (Wildman–Crippen MR) is 61.7 cm³/mol. The molecule has 6 heteroatoms. The maximum atomic E-state index is 5.67. The molecule has 0 saturated carbocycles. The molecule has 16 heavy (non-hydrogen) atoms. The summed E-state index contributed by atoms with van der Waals surface area (Å²) >= 11 is 0. The highest BCUT2D eigenvalue weighted by Gasteiger charge is 2.11. The van der Waals surface area contributed by atoms with Crippen LogP contribution in [0.5, 0.6) is 0 Å². The highest BCUT2D eigenvalue weighted by Crippen LogP contribution is 2.16. The van der Waals surface area contributed by atoms with Crippen LogP contribution in [0.25, 0.3) is 0 Å². The van der Waals surface area contributed by atoms with Crippen LogP contribution in [0.1, 0.15) is 18.8 Å². The molecular weight excluding hydrogens is 204 g/mol. The Morgan fingerprint density at radius 3 is 2.94 bits per heavy atom. The lowest BCUT2D eigenvalue weighted by molar-refractivity contribution is 0.716. The third kappa shape index (κ3) is 2.10. The van der Waals surface area contributed by atoms with Crippen LogP contribution in [0.3, 0.4) is 0 Å². The van der Waals surface area contributed by atoms with Gasteiger partial charge in [0, 0.05) is 25.0 Å². The Morgan fingerprint density at radius 2 is 2.31 bits per heavy atom. The first-order valence-electron chi connectivity index (χ1n) is 4.99. The summed E-state index contributed by atoms with van der Waals surface area (Å²) in [6.45, 7) is 1.99. The van der Waals surface area contributed by atoms with Crippen molar-refractivity contribution in [3.8, 4) is 0 Å². The molecule has 6 nitrogen and oxygen atoms in total. The third-order valence-electron chi connectivity index (χ3n) is 2.28. The van der Waals surface area contributed by atoms with Crippen LogP contribution < -0.4 is 11.1 Å². The van der Waals surface area contributed by atoms with E-state index in [9.17, 15) is 0 Å². The number of hydrogen-bond acceptors (Lipinski definition) is 5. The van der Waals surface area contributed by atoms with E-state index in [0.717, 1.165) is 11.6 Å². The van der Waals surface area contributed by atoms with E-state index in [4.69, 9.17) is 5.73 Å². The molecule has 2 aromatic rings. The SMILES string of the molecule is CC(Nc1cc(N)ccn1)c1nncn1C. The van der Waals surface area contributed by atoms with Crippen molar-refractivity contribution in [2.24, 2.45) is 7.05 Å². The van der Waals surface area contributed by atoms with Crippen molar-refractivity contribution in [2.75, 3.05) is 11.1 Å². The van der Waals surface area contributed by atoms with Gasteiger partial charge in [-0.2, -0.15) is 0 Å². The zero-order valence-electron chi connectivity index (χ0n) is 9.25. The van der Waals surface area contributed by atoms with Gasteiger partial charge in [0.15, 0.2) is 5.82 Å². The standard InChI is InChI=1S/C10H14N6/c1-7(10-15-13-6-16(10)2)14-9-5-8(11)3-4-12-9/h3-7H,1-2H3,(H3,11,12,14). The van der Waals surface area contributed by atoms with Gasteiger partial charge in [0.25, 0.3) is 0 Å². The minimum atomic E-state index is 0.0294. The lowest BCUT2D eigenvalue weighted by Gasteiger charge is -2.13. The van der Waals surface area contributed by atoms with Gasteiger partial charge in [-0.15, -0.1) is 10.2 Å². The van der Waals surface area contributed by atoms with Crippen LogP contribution in [-0.2, 0) is 7.05 Å². The fourth-order valence-electron chi connectivity index (χ4n) is 1.50. The van der Waals surface area contributed by atoms with Gasteiger partial charge in [-0.25, -0.2) is 4.98 Å². The molecule has 2 heterocycles. The van der Waals surface area contributed by atoms with E-state index in [2.05, 4.69) is 20.5 Å². The highest BCUT2D eigenvalue weighted by atomic mass is 15.3. The summed E-state index contributed by atoms with van der Waals surface area (Å²) in [7, 11) is 1.90. The second kappa shape index (κ2) is 4.18. The Labute approximate surface area is 93.5 Å². The van der Waals surface area contributed by atoms with Crippen molar-refractivity contribution in [1.82, 2.24) is 19.7 Å². The van der Waals surface area contributed by atoms with Crippen molar-refractivity contribution >= 4 is 11.5 Å². The summed E-state index contributed by atoms with van der Waals surface area (Å²) in [6.07, 6.45) is 3.33. The molecular formula is C10H14N6. The van der Waals surface area contributed by atoms with E-state index < -0.39 is 0 Å². The van der Waals surface area contributed by atoms with E-state index in [-0.39, 0.29) is 6.04 Å². The number of anilines is 2. The van der Waals surface area contributed by atoms with Gasteiger partial charge in [0.2, 0.25) is 0 Å². The van der Waals surface area contributed by atoms with E-state index in [1.165, 1.54) is 0 Å². The van der Waals surface area contributed by atoms with Crippen LogP contribution in [0.4, 0.5) is 11.5 Å². The molecule has 0 aliphatic carbocycles. The molecule has 0 aromatic carbocycles. The number of pyridine rings is 1. The van der Waals surface area contributed by atoms with Crippen LogP contribution in [-0.4, -0.2) is 19.7 Å². The highest BCUT2D eigenvalue weighted by molar-refractivity contribution is 5.48. The Hall–Kier alpha value is -2.11. The molecule has 3 N–H and O–H groups in total. The average molecular weight is 218 g/mol. The topological polar surface area (TPSA) is 81.7 Å². The normalized spacial score (nSPS) is 12.4. The van der Waals surface area contributed by atoms with Crippen molar-refractivity contribution in [1.29, 1.82) is 0 Å². The van der Waals surface area contributed by atoms with Gasteiger partial charge in [-0.1, -0.05) is 0 Å². The van der Waals surface area contributed by atoms with Gasteiger partial charge >= 0.3 is 0 Å². The van der Waals surface area contributed by atoms with E-state index >= 15 is 0 Å². The van der Waals surface area contributed by atoms with Gasteiger partial charge in [0.05, 0.1) is 6.04 Å². The maximum Gasteiger partial charge on any atom is 0.154 e. The molecule has 0 amide bonds. The summed E-state index contributed by atoms with van der Waals surface area (Å²) in [5, 5.41) is 11.1. The summed E-state index contributed by atoms with van der Waals surface area (Å²) in [5.41, 5.74) is 6.35. The summed E-state index contributed by atoms with van der Waals surface area (Å²) in [5.74, 6) is 1.58. The monoisotopic (exact) mass is 218 g/mol. The average Bonchev–Trinajstić information content (AvgIpc) is 2.64. The molecule has 1 atom stereocenters. The van der Waals surface area contributed by atoms with Crippen LogP contribution >= 0.6 is 0 Å². The molecule has 84 valence electrons. The number of nitrogens with one attached hydrogen (secondary N) is 1. The largest absolute Gasteiger partial charge is 0.399 e. The summed E-state index contributed by atoms with van der Waals surface area (Å²) in [6, 6.07) is 3.56. The first kappa shape index (κ1) is 10.4. The molecule has 1 unspecified atom stereocenters. The number of aromatic nitrogens is 4. The Kier molecular flexibility index (Phi) is 2.72. The first-order chi connectivity index (χ1) is 7.66. The number of nitrogen functional groups attached to an aromatic ring is 1. The zero-order chi connectivity index (χ0) is 11.5. The zero-order valence-corrected chi connectivity index (χ0v) is 9.25. The Bertz CT molecular complexity index is 478. The first-order valence-corrected chi connectivity index (χ1v) is 4.99. The van der Waals surface area contributed by atoms with Crippen molar-refractivity contribution in [2.45, 2.75) is 13.0 Å². The minimum Gasteiger partial charge on any atom is -0.399 e. The molecule has 0 fully saturated rings. The predicted octanol–water partition coefficient (Wildman–Crippen LogP) is 0.965. The maximum absolute atomic E-state index is 5.67. The lowest BCUT2D eigenvalue weighted by atomic mass is 10.3. The van der Waals surface area contributed by atoms with Crippen molar-refractivity contribution < 1.29 is 0 Å². The van der Waals surface area contributed by atoms with E-state index in [1.54, 1.807) is 24.7 Å². The number of hydrogen-bond donors (Lipinski definition) is 2. The van der Waals surface area contributed by atoms with Crippen LogP contribution in [0.15, 0.2) is 24.7 Å². The van der Waals surface area contributed by atoms with Crippen LogP contribution in [0.2, 0.25) is 0 Å². The second-order valence-electron chi connectivity index (χ2n) is 3.64. The van der Waals surface area contributed by atoms with Gasteiger partial charge in [-0.05, 0) is 13.0 Å². The summed E-state index contributed by atoms with van der Waals surface area (Å²) < 4.78 is 1.87. The number of aryl methyl sites for hydroxylation is 1. The number of rotatable bonds is 3. The number of nitrogens with zero attached hydrogens (tertiary/aromatic N) is 4. The molecule has 0 aliphatic heterocycles. The fraction of sp³-hybridized carbons (Fsp3) is 0.300. The minimum absolute atomic E-state index is 0.0294. The van der Waals surface area contributed by atoms with Gasteiger partial charge in [0.1, 0.15) is 12.1 Å². The smallest absolute Gasteiger partial charge is 0.154 e. The van der Waals surface area contributed by atoms with Gasteiger partial charge in [-0.3, -0.25) is 0 Å². The third-order valence-corrected chi connectivity index (χ3v) is 2.28. The van der Waals surface area contributed by atoms with Gasteiger partial charge < -0.3 is 15.6 Å². The van der Waals surface area contributed by atoms with Crippen LogP contribution in [0, 0.1) is 0 Å². The Balaban J connectivity index is 2.14. The molecule has 2 rings (SSSR count). The van der Waals surface area contributed by atoms with E-state index in [1.807, 2.05) is 18.5 Å². The molecule has 0 radical (unpaired) electrons. The Morgan fingerprint density at radius 1 is 1.50 bits per heavy atom.